The van der Waals surface area contributed by atoms with E-state index in [0.29, 0.717) is 5.56 Å². The predicted molar refractivity (Wildman–Crippen MR) is 106 cm³/mol. The second kappa shape index (κ2) is 7.77. The molecule has 0 spiro atoms. The van der Waals surface area contributed by atoms with Crippen LogP contribution in [-0.2, 0) is 4.79 Å². The molecule has 0 aliphatic rings. The van der Waals surface area contributed by atoms with E-state index < -0.39 is 22.7 Å². The van der Waals surface area contributed by atoms with Crippen molar-refractivity contribution in [2.24, 2.45) is 11.5 Å². The smallest absolute Gasteiger partial charge is 0.343 e. The Morgan fingerprint density at radius 1 is 0.966 bits per heavy atom. The Labute approximate surface area is 164 Å². The minimum absolute atomic E-state index is 0.122. The van der Waals surface area contributed by atoms with Crippen molar-refractivity contribution in [2.45, 2.75) is 5.92 Å². The minimum atomic E-state index is -1.01. The van der Waals surface area contributed by atoms with E-state index in [1.165, 1.54) is 24.3 Å². The normalized spacial score (nSPS) is 11.6. The number of nitro benzene ring substituents is 1. The molecule has 9 heteroatoms. The summed E-state index contributed by atoms with van der Waals surface area (Å²) in [6, 6.07) is 15.0. The molecule has 0 bridgehead atoms. The third-order valence-electron chi connectivity index (χ3n) is 4.29. The predicted octanol–water partition coefficient (Wildman–Crippen LogP) is 2.47. The fraction of sp³-hybridized carbons (Fsp3) is 0.0500. The molecule has 9 nitrogen and oxygen atoms in total. The van der Waals surface area contributed by atoms with Gasteiger partial charge in [-0.05, 0) is 46.7 Å². The molecule has 0 heterocycles. The van der Waals surface area contributed by atoms with Crippen molar-refractivity contribution in [2.75, 3.05) is 0 Å². The summed E-state index contributed by atoms with van der Waals surface area (Å²) in [7, 11) is 0. The highest BCUT2D eigenvalue weighted by Gasteiger charge is 2.21. The van der Waals surface area contributed by atoms with Crippen LogP contribution in [0.15, 0.2) is 60.7 Å². The fourth-order valence-electron chi connectivity index (χ4n) is 2.87. The Balaban J connectivity index is 1.83. The van der Waals surface area contributed by atoms with E-state index in [0.717, 1.165) is 10.8 Å². The first-order valence-corrected chi connectivity index (χ1v) is 8.40. The van der Waals surface area contributed by atoms with E-state index in [4.69, 9.17) is 21.6 Å². The minimum Gasteiger partial charge on any atom is -0.423 e. The summed E-state index contributed by atoms with van der Waals surface area (Å²) in [5, 5.41) is 19.7. The van der Waals surface area contributed by atoms with Gasteiger partial charge in [-0.2, -0.15) is 0 Å². The maximum absolute atomic E-state index is 12.2. The highest BCUT2D eigenvalue weighted by molar-refractivity contribution is 6.06. The van der Waals surface area contributed by atoms with Crippen molar-refractivity contribution in [3.05, 3.63) is 81.9 Å². The average molecular weight is 392 g/mol. The largest absolute Gasteiger partial charge is 0.423 e. The lowest BCUT2D eigenvalue weighted by atomic mass is 9.95. The lowest BCUT2D eigenvalue weighted by Gasteiger charge is -2.13. The van der Waals surface area contributed by atoms with Crippen molar-refractivity contribution in [1.29, 1.82) is 5.41 Å². The summed E-state index contributed by atoms with van der Waals surface area (Å²) in [6.45, 7) is 0. The Hall–Kier alpha value is -4.27. The molecule has 5 N–H and O–H groups in total. The standard InChI is InChI=1S/C20H16N4O5/c21-18(22)17(19(23)25)14-2-1-13-10-16(8-5-12(13)9-14)29-20(26)11-3-6-15(7-4-11)24(27)28/h1-10,17H,(H3,21,22)(H2,23,25). The zero-order valence-electron chi connectivity index (χ0n) is 15.0. The Morgan fingerprint density at radius 2 is 1.59 bits per heavy atom. The van der Waals surface area contributed by atoms with Gasteiger partial charge in [0.2, 0.25) is 5.91 Å². The number of fused-ring (bicyclic) bond motifs is 1. The number of hydrogen-bond donors (Lipinski definition) is 3. The quantitative estimate of drug-likeness (QED) is 0.146. The second-order valence-electron chi connectivity index (χ2n) is 6.25. The van der Waals surface area contributed by atoms with Gasteiger partial charge in [-0.3, -0.25) is 20.3 Å². The van der Waals surface area contributed by atoms with Crippen LogP contribution in [0.2, 0.25) is 0 Å². The van der Waals surface area contributed by atoms with Crippen LogP contribution in [-0.4, -0.2) is 22.6 Å². The van der Waals surface area contributed by atoms with E-state index in [1.807, 2.05) is 0 Å². The zero-order chi connectivity index (χ0) is 21.1. The van der Waals surface area contributed by atoms with Crippen LogP contribution in [0.4, 0.5) is 5.69 Å². The molecule has 0 aromatic heterocycles. The van der Waals surface area contributed by atoms with E-state index in [1.54, 1.807) is 36.4 Å². The monoisotopic (exact) mass is 392 g/mol. The van der Waals surface area contributed by atoms with Crippen LogP contribution in [0.1, 0.15) is 21.8 Å². The molecule has 1 amide bonds. The van der Waals surface area contributed by atoms with Crippen LogP contribution in [0.3, 0.4) is 0 Å². The number of non-ortho nitro benzene ring substituents is 1. The second-order valence-corrected chi connectivity index (χ2v) is 6.25. The first-order chi connectivity index (χ1) is 13.8. The number of carbonyl (C=O) groups is 2. The number of nitrogens with two attached hydrogens (primary N) is 2. The maximum Gasteiger partial charge on any atom is 0.343 e. The van der Waals surface area contributed by atoms with Crippen molar-refractivity contribution in [3.63, 3.8) is 0 Å². The highest BCUT2D eigenvalue weighted by atomic mass is 16.6. The average Bonchev–Trinajstić information content (AvgIpc) is 2.67. The highest BCUT2D eigenvalue weighted by Crippen LogP contribution is 2.26. The fourth-order valence-corrected chi connectivity index (χ4v) is 2.87. The van der Waals surface area contributed by atoms with E-state index in [2.05, 4.69) is 0 Å². The maximum atomic E-state index is 12.2. The molecular formula is C20H16N4O5. The summed E-state index contributed by atoms with van der Waals surface area (Å²) in [4.78, 5) is 33.9. The van der Waals surface area contributed by atoms with Gasteiger partial charge in [0.1, 0.15) is 17.5 Å². The molecule has 3 rings (SSSR count). The number of amidine groups is 1. The van der Waals surface area contributed by atoms with Crippen LogP contribution in [0, 0.1) is 15.5 Å². The number of nitrogens with one attached hydrogen (secondary N) is 1. The third kappa shape index (κ3) is 4.19. The van der Waals surface area contributed by atoms with E-state index in [9.17, 15) is 19.7 Å². The molecule has 1 unspecified atom stereocenters. The van der Waals surface area contributed by atoms with E-state index >= 15 is 0 Å². The molecule has 0 saturated carbocycles. The third-order valence-corrected chi connectivity index (χ3v) is 4.29. The van der Waals surface area contributed by atoms with Crippen molar-refractivity contribution < 1.29 is 19.2 Å². The van der Waals surface area contributed by atoms with Gasteiger partial charge in [0.15, 0.2) is 0 Å². The molecule has 0 aliphatic heterocycles. The molecule has 0 saturated heterocycles. The summed E-state index contributed by atoms with van der Waals surface area (Å²) in [5.74, 6) is -2.44. The van der Waals surface area contributed by atoms with Gasteiger partial charge in [0.25, 0.3) is 5.69 Å². The molecule has 0 fully saturated rings. The number of primary amides is 1. The number of carbonyl (C=O) groups excluding carboxylic acids is 2. The van der Waals surface area contributed by atoms with Gasteiger partial charge in [-0.15, -0.1) is 0 Å². The zero-order valence-corrected chi connectivity index (χ0v) is 15.0. The van der Waals surface area contributed by atoms with E-state index in [-0.39, 0.29) is 22.8 Å². The summed E-state index contributed by atoms with van der Waals surface area (Å²) >= 11 is 0. The van der Waals surface area contributed by atoms with Crippen molar-refractivity contribution in [3.8, 4) is 5.75 Å². The van der Waals surface area contributed by atoms with Gasteiger partial charge >= 0.3 is 5.97 Å². The Bertz CT molecular complexity index is 1130. The lowest BCUT2D eigenvalue weighted by Crippen LogP contribution is -2.32. The molecule has 3 aromatic carbocycles. The van der Waals surface area contributed by atoms with Gasteiger partial charge in [0.05, 0.1) is 10.5 Å². The van der Waals surface area contributed by atoms with Gasteiger partial charge in [-0.1, -0.05) is 18.2 Å². The van der Waals surface area contributed by atoms with Crippen LogP contribution in [0.25, 0.3) is 10.8 Å². The first-order valence-electron chi connectivity index (χ1n) is 8.40. The molecular weight excluding hydrogens is 376 g/mol. The number of esters is 1. The number of amides is 1. The molecule has 3 aromatic rings. The number of rotatable bonds is 6. The number of nitro groups is 1. The van der Waals surface area contributed by atoms with Crippen molar-refractivity contribution in [1.82, 2.24) is 0 Å². The summed E-state index contributed by atoms with van der Waals surface area (Å²) in [5.41, 5.74) is 11.3. The van der Waals surface area contributed by atoms with Gasteiger partial charge in [0, 0.05) is 12.1 Å². The molecule has 29 heavy (non-hydrogen) atoms. The molecule has 0 radical (unpaired) electrons. The molecule has 146 valence electrons. The first kappa shape index (κ1) is 19.5. The molecule has 1 atom stereocenters. The Morgan fingerprint density at radius 3 is 2.17 bits per heavy atom. The number of nitrogens with zero attached hydrogens (tertiary/aromatic N) is 1. The summed E-state index contributed by atoms with van der Waals surface area (Å²) < 4.78 is 5.33. The van der Waals surface area contributed by atoms with Gasteiger partial charge < -0.3 is 16.2 Å². The van der Waals surface area contributed by atoms with Crippen molar-refractivity contribution >= 4 is 34.2 Å². The topological polar surface area (TPSA) is 162 Å². The SMILES string of the molecule is N=C(N)C(C(N)=O)c1ccc2cc(OC(=O)c3ccc([N+](=O)[O-])cc3)ccc2c1. The van der Waals surface area contributed by atoms with Crippen LogP contribution in [0.5, 0.6) is 5.75 Å². The number of hydrogen-bond acceptors (Lipinski definition) is 6. The number of benzene rings is 3. The lowest BCUT2D eigenvalue weighted by molar-refractivity contribution is -0.384. The summed E-state index contributed by atoms with van der Waals surface area (Å²) in [6.07, 6.45) is 0. The van der Waals surface area contributed by atoms with Gasteiger partial charge in [-0.25, -0.2) is 4.79 Å². The number of ether oxygens (including phenoxy) is 1. The Kier molecular flexibility index (Phi) is 5.22. The molecule has 0 aliphatic carbocycles. The van der Waals surface area contributed by atoms with Crippen LogP contribution >= 0.6 is 0 Å². The van der Waals surface area contributed by atoms with Crippen LogP contribution < -0.4 is 16.2 Å².